The second-order valence-corrected chi connectivity index (χ2v) is 4.14. The van der Waals surface area contributed by atoms with E-state index in [1.807, 2.05) is 19.1 Å². The predicted molar refractivity (Wildman–Crippen MR) is 57.5 cm³/mol. The highest BCUT2D eigenvalue weighted by Crippen LogP contribution is 2.47. The molecule has 2 N–H and O–H groups in total. The van der Waals surface area contributed by atoms with Crippen LogP contribution < -0.4 is 5.46 Å². The molecule has 1 aromatic carbocycles. The van der Waals surface area contributed by atoms with Crippen molar-refractivity contribution in [3.63, 3.8) is 0 Å². The van der Waals surface area contributed by atoms with Gasteiger partial charge in [0, 0.05) is 0 Å². The Labute approximate surface area is 89.1 Å². The first-order chi connectivity index (χ1) is 7.09. The zero-order valence-electron chi connectivity index (χ0n) is 8.57. The number of hydrogen-bond acceptors (Lipinski definition) is 3. The Kier molecular flexibility index (Phi) is 2.30. The second-order valence-electron chi connectivity index (χ2n) is 4.14. The third-order valence-electron chi connectivity index (χ3n) is 3.06. The smallest absolute Gasteiger partial charge is 0.423 e. The average molecular weight is 201 g/mol. The van der Waals surface area contributed by atoms with Crippen LogP contribution in [-0.2, 0) is 5.41 Å². The molecule has 2 rings (SSSR count). The van der Waals surface area contributed by atoms with E-state index < -0.39 is 7.12 Å². The van der Waals surface area contributed by atoms with Crippen LogP contribution in [0.2, 0.25) is 0 Å². The molecule has 0 unspecified atom stereocenters. The van der Waals surface area contributed by atoms with Crippen LogP contribution in [0.25, 0.3) is 0 Å². The van der Waals surface area contributed by atoms with Gasteiger partial charge in [0.15, 0.2) is 0 Å². The summed E-state index contributed by atoms with van der Waals surface area (Å²) < 4.78 is 0. The van der Waals surface area contributed by atoms with Crippen molar-refractivity contribution in [1.82, 2.24) is 0 Å². The number of nitrogens with zero attached hydrogens (tertiary/aromatic N) is 1. The minimum atomic E-state index is -1.43. The Bertz CT molecular complexity index is 433. The van der Waals surface area contributed by atoms with Crippen molar-refractivity contribution in [2.45, 2.75) is 25.2 Å². The van der Waals surface area contributed by atoms with E-state index in [2.05, 4.69) is 6.07 Å². The Morgan fingerprint density at radius 2 is 2.07 bits per heavy atom. The van der Waals surface area contributed by atoms with Crippen molar-refractivity contribution in [1.29, 1.82) is 5.26 Å². The fourth-order valence-corrected chi connectivity index (χ4v) is 1.85. The van der Waals surface area contributed by atoms with Crippen molar-refractivity contribution in [2.75, 3.05) is 0 Å². The summed E-state index contributed by atoms with van der Waals surface area (Å²) in [6, 6.07) is 7.70. The molecule has 0 bridgehead atoms. The topological polar surface area (TPSA) is 64.2 Å². The van der Waals surface area contributed by atoms with Gasteiger partial charge >= 0.3 is 7.12 Å². The maximum absolute atomic E-state index is 9.06. The molecular formula is C11H12BNO2. The van der Waals surface area contributed by atoms with E-state index in [4.69, 9.17) is 15.3 Å². The molecule has 15 heavy (non-hydrogen) atoms. The highest BCUT2D eigenvalue weighted by molar-refractivity contribution is 6.59. The van der Waals surface area contributed by atoms with Gasteiger partial charge in [0.05, 0.1) is 11.5 Å². The lowest BCUT2D eigenvalue weighted by Crippen LogP contribution is -2.32. The summed E-state index contributed by atoms with van der Waals surface area (Å²) in [5.74, 6) is 0. The highest BCUT2D eigenvalue weighted by atomic mass is 16.4. The summed E-state index contributed by atoms with van der Waals surface area (Å²) in [7, 11) is -1.43. The number of aryl methyl sites for hydroxylation is 1. The van der Waals surface area contributed by atoms with Crippen molar-refractivity contribution >= 4 is 12.6 Å². The molecular weight excluding hydrogens is 189 g/mol. The number of nitriles is 1. The molecule has 0 heterocycles. The molecule has 1 aliphatic rings. The van der Waals surface area contributed by atoms with Crippen LogP contribution in [0, 0.1) is 18.3 Å². The van der Waals surface area contributed by atoms with Crippen LogP contribution in [0.15, 0.2) is 18.2 Å². The Morgan fingerprint density at radius 1 is 1.40 bits per heavy atom. The Balaban J connectivity index is 2.39. The summed E-state index contributed by atoms with van der Waals surface area (Å²) >= 11 is 0. The minimum absolute atomic E-state index is 0.302. The summed E-state index contributed by atoms with van der Waals surface area (Å²) in [4.78, 5) is 0. The number of rotatable bonds is 2. The van der Waals surface area contributed by atoms with Crippen molar-refractivity contribution in [2.24, 2.45) is 0 Å². The summed E-state index contributed by atoms with van der Waals surface area (Å²) in [5.41, 5.74) is 2.02. The van der Waals surface area contributed by atoms with Gasteiger partial charge in [0.1, 0.15) is 0 Å². The van der Waals surface area contributed by atoms with Crippen LogP contribution in [0.3, 0.4) is 0 Å². The van der Waals surface area contributed by atoms with E-state index in [0.717, 1.165) is 24.0 Å². The van der Waals surface area contributed by atoms with Crippen LogP contribution in [0.4, 0.5) is 0 Å². The first kappa shape index (κ1) is 10.2. The van der Waals surface area contributed by atoms with Crippen LogP contribution in [0.5, 0.6) is 0 Å². The monoisotopic (exact) mass is 201 g/mol. The van der Waals surface area contributed by atoms with Gasteiger partial charge in [0.2, 0.25) is 0 Å². The number of hydrogen-bond donors (Lipinski definition) is 2. The lowest BCUT2D eigenvalue weighted by molar-refractivity contribution is 0.425. The first-order valence-corrected chi connectivity index (χ1v) is 4.97. The van der Waals surface area contributed by atoms with Gasteiger partial charge in [-0.3, -0.25) is 0 Å². The standard InChI is InChI=1S/C11H12BNO2/c1-8-6-9(11(7-13)4-5-11)2-3-10(8)12(14)15/h2-3,6,14-15H,4-5H2,1H3. The zero-order valence-corrected chi connectivity index (χ0v) is 8.57. The van der Waals surface area contributed by atoms with Gasteiger partial charge in [-0.1, -0.05) is 23.8 Å². The molecule has 1 aromatic rings. The molecule has 0 aliphatic heterocycles. The normalized spacial score (nSPS) is 16.9. The Morgan fingerprint density at radius 3 is 2.47 bits per heavy atom. The highest BCUT2D eigenvalue weighted by Gasteiger charge is 2.45. The third-order valence-corrected chi connectivity index (χ3v) is 3.06. The summed E-state index contributed by atoms with van der Waals surface area (Å²) in [6.07, 6.45) is 1.81. The van der Waals surface area contributed by atoms with Gasteiger partial charge in [-0.05, 0) is 30.8 Å². The van der Waals surface area contributed by atoms with E-state index in [1.54, 1.807) is 6.07 Å². The Hall–Kier alpha value is -1.31. The van der Waals surface area contributed by atoms with Crippen molar-refractivity contribution in [3.8, 4) is 6.07 Å². The maximum Gasteiger partial charge on any atom is 0.488 e. The molecule has 0 spiro atoms. The molecule has 76 valence electrons. The predicted octanol–water partition coefficient (Wildman–Crippen LogP) is 0.230. The molecule has 1 aliphatic carbocycles. The van der Waals surface area contributed by atoms with Crippen LogP contribution in [-0.4, -0.2) is 17.2 Å². The van der Waals surface area contributed by atoms with E-state index in [9.17, 15) is 0 Å². The van der Waals surface area contributed by atoms with Gasteiger partial charge < -0.3 is 10.0 Å². The quantitative estimate of drug-likeness (QED) is 0.673. The SMILES string of the molecule is Cc1cc(C2(C#N)CC2)ccc1B(O)O. The van der Waals surface area contributed by atoms with Crippen LogP contribution in [0.1, 0.15) is 24.0 Å². The van der Waals surface area contributed by atoms with Gasteiger partial charge in [-0.25, -0.2) is 0 Å². The molecule has 0 radical (unpaired) electrons. The average Bonchev–Trinajstić information content (AvgIpc) is 2.97. The maximum atomic E-state index is 9.06. The van der Waals surface area contributed by atoms with Gasteiger partial charge in [0.25, 0.3) is 0 Å². The first-order valence-electron chi connectivity index (χ1n) is 4.97. The van der Waals surface area contributed by atoms with E-state index >= 15 is 0 Å². The lowest BCUT2D eigenvalue weighted by atomic mass is 9.76. The lowest BCUT2D eigenvalue weighted by Gasteiger charge is -2.10. The van der Waals surface area contributed by atoms with Crippen molar-refractivity contribution in [3.05, 3.63) is 29.3 Å². The summed E-state index contributed by atoms with van der Waals surface area (Å²) in [5, 5.41) is 27.2. The molecule has 0 amide bonds. The fourth-order valence-electron chi connectivity index (χ4n) is 1.85. The largest absolute Gasteiger partial charge is 0.488 e. The zero-order chi connectivity index (χ0) is 11.1. The number of benzene rings is 1. The van der Waals surface area contributed by atoms with E-state index in [1.165, 1.54) is 0 Å². The fraction of sp³-hybridized carbons (Fsp3) is 0.364. The summed E-state index contributed by atoms with van der Waals surface area (Å²) in [6.45, 7) is 1.83. The molecule has 3 nitrogen and oxygen atoms in total. The molecule has 1 saturated carbocycles. The van der Waals surface area contributed by atoms with Gasteiger partial charge in [-0.15, -0.1) is 0 Å². The van der Waals surface area contributed by atoms with E-state index in [-0.39, 0.29) is 5.41 Å². The van der Waals surface area contributed by atoms with Crippen LogP contribution >= 0.6 is 0 Å². The molecule has 0 aromatic heterocycles. The minimum Gasteiger partial charge on any atom is -0.423 e. The van der Waals surface area contributed by atoms with Gasteiger partial charge in [-0.2, -0.15) is 5.26 Å². The molecule has 0 saturated heterocycles. The molecule has 1 fully saturated rings. The molecule has 4 heteroatoms. The third kappa shape index (κ3) is 1.65. The van der Waals surface area contributed by atoms with Crippen molar-refractivity contribution < 1.29 is 10.0 Å². The molecule has 0 atom stereocenters. The second kappa shape index (κ2) is 3.37. The van der Waals surface area contributed by atoms with E-state index in [0.29, 0.717) is 5.46 Å².